The molecule has 61 heavy (non-hydrogen) atoms. The first-order valence-corrected chi connectivity index (χ1v) is 20.1. The van der Waals surface area contributed by atoms with E-state index in [1.807, 2.05) is 0 Å². The van der Waals surface area contributed by atoms with Crippen LogP contribution in [0, 0.1) is 142 Å². The third kappa shape index (κ3) is 27.3. The van der Waals surface area contributed by atoms with Crippen LogP contribution in [0.2, 0.25) is 0 Å². The number of unbranched alkanes of at least 4 members (excludes halogenated alkanes) is 11. The molecule has 5 unspecified atom stereocenters. The number of hydrogen-bond acceptors (Lipinski definition) is 10. The highest BCUT2D eigenvalue weighted by Crippen LogP contribution is 2.23. The molecule has 1 heterocycles. The van der Waals surface area contributed by atoms with Gasteiger partial charge in [-0.3, -0.25) is 0 Å². The maximum absolute atomic E-state index is 12.6. The summed E-state index contributed by atoms with van der Waals surface area (Å²) in [6.07, 6.45) is 2.29. The molecule has 0 bridgehead atoms. The van der Waals surface area contributed by atoms with Gasteiger partial charge in [-0.15, -0.1) is 0 Å². The van der Waals surface area contributed by atoms with Gasteiger partial charge in [-0.1, -0.05) is 89.9 Å². The molecule has 1 rings (SSSR count). The molecule has 10 heteroatoms. The predicted molar refractivity (Wildman–Crippen MR) is 231 cm³/mol. The van der Waals surface area contributed by atoms with Crippen molar-refractivity contribution in [3.8, 4) is 142 Å². The van der Waals surface area contributed by atoms with Crippen molar-refractivity contribution in [3.05, 3.63) is 0 Å². The fourth-order valence-corrected chi connectivity index (χ4v) is 5.30. The van der Waals surface area contributed by atoms with Gasteiger partial charge in [0, 0.05) is 48.6 Å². The van der Waals surface area contributed by atoms with Crippen molar-refractivity contribution in [1.29, 1.82) is 0 Å². The van der Waals surface area contributed by atoms with E-state index in [0.29, 0.717) is 6.42 Å². The Balaban J connectivity index is 2.76. The molecule has 5 N–H and O–H groups in total. The van der Waals surface area contributed by atoms with E-state index in [2.05, 4.69) is 149 Å². The number of hydrogen-bond donors (Lipinski definition) is 5. The Labute approximate surface area is 363 Å². The lowest BCUT2D eigenvalue weighted by Crippen LogP contribution is -2.59. The van der Waals surface area contributed by atoms with Crippen LogP contribution >= 0.6 is 0 Å². The van der Waals surface area contributed by atoms with E-state index in [1.54, 1.807) is 6.92 Å². The number of esters is 1. The minimum atomic E-state index is -1.67. The zero-order valence-electron chi connectivity index (χ0n) is 35.0. The van der Waals surface area contributed by atoms with Crippen molar-refractivity contribution in [3.63, 3.8) is 0 Å². The predicted octanol–water partition coefficient (Wildman–Crippen LogP) is 2.24. The molecule has 0 radical (unpaired) electrons. The van der Waals surface area contributed by atoms with Crippen molar-refractivity contribution in [2.45, 2.75) is 146 Å². The van der Waals surface area contributed by atoms with Gasteiger partial charge in [0.05, 0.1) is 19.3 Å². The molecule has 0 spiro atoms. The molecule has 0 saturated carbocycles. The van der Waals surface area contributed by atoms with Gasteiger partial charge in [0.25, 0.3) is 0 Å². The standard InChI is InChI=1S/C51H52O10/c1-4-6-8-10-12-14-16-18-19-20-21-22-23-24-25-26-27-28-30-32-34-36-38-40-46(53)60-45(42-59-51-50(57)49(56)48(55)44(61-51)41-58-3)47(54)43(52)39-37-35-33-31-29-17-15-13-11-9-7-5-2/h43-45,47-52,54-57H,5,7,9,11,13,15,17,29,31,33,35,37,39,41-42H2,1-3H3/t43-,44?,45+,47-,48?,49?,50?,51?/m1/s1. The molecule has 1 saturated heterocycles. The minimum absolute atomic E-state index is 0.114. The molecule has 0 aliphatic carbocycles. The second-order valence-electron chi connectivity index (χ2n) is 13.1. The van der Waals surface area contributed by atoms with E-state index >= 15 is 0 Å². The number of aliphatic hydroxyl groups excluding tert-OH is 5. The van der Waals surface area contributed by atoms with Crippen LogP contribution in [-0.4, -0.2) is 101 Å². The molecule has 8 atom stereocenters. The quantitative estimate of drug-likeness (QED) is 0.0505. The molecule has 1 aliphatic heterocycles. The summed E-state index contributed by atoms with van der Waals surface area (Å²) in [4.78, 5) is 12.6. The second kappa shape index (κ2) is 36.9. The van der Waals surface area contributed by atoms with Gasteiger partial charge in [0.15, 0.2) is 12.4 Å². The van der Waals surface area contributed by atoms with Crippen molar-refractivity contribution >= 4 is 5.97 Å². The smallest absolute Gasteiger partial charge is 0.385 e. The lowest BCUT2D eigenvalue weighted by atomic mass is 9.99. The highest BCUT2D eigenvalue weighted by Gasteiger charge is 2.45. The van der Waals surface area contributed by atoms with Gasteiger partial charge in [0.1, 0.15) is 30.5 Å². The molecule has 0 aromatic carbocycles. The lowest BCUT2D eigenvalue weighted by molar-refractivity contribution is -0.307. The largest absolute Gasteiger partial charge is 0.447 e. The summed E-state index contributed by atoms with van der Waals surface area (Å²) in [6.45, 7) is 3.22. The Hall–Kier alpha value is -6.13. The molecule has 0 aromatic heterocycles. The average molecular weight is 825 g/mol. The summed E-state index contributed by atoms with van der Waals surface area (Å²) >= 11 is 0. The molecule has 10 nitrogen and oxygen atoms in total. The van der Waals surface area contributed by atoms with Crippen molar-refractivity contribution in [1.82, 2.24) is 0 Å². The normalized spacial score (nSPS) is 17.7. The third-order valence-corrected chi connectivity index (χ3v) is 8.41. The zero-order chi connectivity index (χ0) is 44.6. The first-order valence-electron chi connectivity index (χ1n) is 20.1. The van der Waals surface area contributed by atoms with Crippen LogP contribution < -0.4 is 0 Å². The maximum Gasteiger partial charge on any atom is 0.385 e. The SMILES string of the molecule is CC#CC#CC#CC#CC#CC#CC#CC#CC#CC#CC#CC#CC(=O)O[C@@H](COC1OC(COC)C(O)C(O)C1O)[C@H](O)[C@H](O)CCCCCCCCCCCCCC. The van der Waals surface area contributed by atoms with E-state index in [0.717, 1.165) is 25.7 Å². The van der Waals surface area contributed by atoms with E-state index in [9.17, 15) is 30.3 Å². The van der Waals surface area contributed by atoms with Crippen LogP contribution in [0.1, 0.15) is 97.3 Å². The maximum atomic E-state index is 12.6. The number of rotatable bonds is 21. The summed E-state index contributed by atoms with van der Waals surface area (Å²) < 4.78 is 21.5. The van der Waals surface area contributed by atoms with Crippen LogP contribution in [-0.2, 0) is 23.7 Å². The van der Waals surface area contributed by atoms with Gasteiger partial charge < -0.3 is 44.5 Å². The molecular formula is C51H52O10. The van der Waals surface area contributed by atoms with Crippen molar-refractivity contribution in [2.75, 3.05) is 20.3 Å². The van der Waals surface area contributed by atoms with Crippen LogP contribution in [0.25, 0.3) is 0 Å². The number of carbonyl (C=O) groups is 1. The van der Waals surface area contributed by atoms with Crippen molar-refractivity contribution in [2.24, 2.45) is 0 Å². The molecular weight excluding hydrogens is 773 g/mol. The Morgan fingerprint density at radius 1 is 0.574 bits per heavy atom. The van der Waals surface area contributed by atoms with Crippen LogP contribution in [0.15, 0.2) is 0 Å². The van der Waals surface area contributed by atoms with Gasteiger partial charge in [0.2, 0.25) is 0 Å². The van der Waals surface area contributed by atoms with E-state index in [4.69, 9.17) is 18.9 Å². The fraction of sp³-hybridized carbons (Fsp3) is 0.510. The summed E-state index contributed by atoms with van der Waals surface area (Å²) in [7, 11) is 1.37. The highest BCUT2D eigenvalue weighted by molar-refractivity contribution is 5.89. The third-order valence-electron chi connectivity index (χ3n) is 8.41. The average Bonchev–Trinajstić information content (AvgIpc) is 3.25. The Kier molecular flexibility index (Phi) is 32.0. The first kappa shape index (κ1) is 52.9. The Bertz CT molecular complexity index is 2150. The number of ether oxygens (including phenoxy) is 4. The molecule has 1 fully saturated rings. The summed E-state index contributed by atoms with van der Waals surface area (Å²) in [5.41, 5.74) is 0. The number of carbonyl (C=O) groups excluding carboxylic acids is 1. The Morgan fingerprint density at radius 3 is 1.41 bits per heavy atom. The lowest BCUT2D eigenvalue weighted by Gasteiger charge is -2.40. The van der Waals surface area contributed by atoms with Gasteiger partial charge in [-0.05, 0) is 108 Å². The monoisotopic (exact) mass is 824 g/mol. The van der Waals surface area contributed by atoms with Crippen LogP contribution in [0.5, 0.6) is 0 Å². The second-order valence-corrected chi connectivity index (χ2v) is 13.1. The minimum Gasteiger partial charge on any atom is -0.447 e. The topological polar surface area (TPSA) is 155 Å². The summed E-state index contributed by atoms with van der Waals surface area (Å²) in [5, 5.41) is 52.8. The van der Waals surface area contributed by atoms with Crippen molar-refractivity contribution < 1.29 is 49.3 Å². The molecule has 0 aromatic rings. The molecule has 0 amide bonds. The van der Waals surface area contributed by atoms with Gasteiger partial charge >= 0.3 is 5.97 Å². The van der Waals surface area contributed by atoms with E-state index < -0.39 is 61.6 Å². The van der Waals surface area contributed by atoms with E-state index in [-0.39, 0.29) is 13.0 Å². The zero-order valence-corrected chi connectivity index (χ0v) is 35.0. The van der Waals surface area contributed by atoms with Gasteiger partial charge in [-0.25, -0.2) is 4.79 Å². The van der Waals surface area contributed by atoms with Gasteiger partial charge in [-0.2, -0.15) is 0 Å². The Morgan fingerprint density at radius 2 is 0.984 bits per heavy atom. The summed E-state index contributed by atoms with van der Waals surface area (Å²) in [5.74, 6) is 58.0. The van der Waals surface area contributed by atoms with Crippen LogP contribution in [0.4, 0.5) is 0 Å². The number of aliphatic hydroxyl groups is 5. The molecule has 1 aliphatic rings. The molecule has 316 valence electrons. The highest BCUT2D eigenvalue weighted by atomic mass is 16.7. The number of methoxy groups -OCH3 is 1. The van der Waals surface area contributed by atoms with Crippen LogP contribution in [0.3, 0.4) is 0 Å². The first-order chi connectivity index (χ1) is 29.8. The fourth-order valence-electron chi connectivity index (χ4n) is 5.30. The summed E-state index contributed by atoms with van der Waals surface area (Å²) in [6, 6.07) is 0. The van der Waals surface area contributed by atoms with E-state index in [1.165, 1.54) is 52.1 Å².